The normalized spacial score (nSPS) is 16.8. The summed E-state index contributed by atoms with van der Waals surface area (Å²) >= 11 is 0. The number of hydrogen-bond acceptors (Lipinski definition) is 6. The number of halogens is 1. The summed E-state index contributed by atoms with van der Waals surface area (Å²) in [7, 11) is 0. The average Bonchev–Trinajstić information content (AvgIpc) is 3.13. The first kappa shape index (κ1) is 17.8. The summed E-state index contributed by atoms with van der Waals surface area (Å²) in [5.74, 6) is -0.491. The van der Waals surface area contributed by atoms with Crippen LogP contribution < -0.4 is 10.2 Å². The Balaban J connectivity index is 1.60. The number of anilines is 1. The third kappa shape index (κ3) is 3.73. The first-order valence-corrected chi connectivity index (χ1v) is 8.73. The van der Waals surface area contributed by atoms with E-state index >= 15 is 0 Å². The minimum atomic E-state index is -1.08. The molecule has 1 saturated heterocycles. The Labute approximate surface area is 159 Å². The Bertz CT molecular complexity index is 1060. The number of nitrogens with zero attached hydrogens (tertiary/aromatic N) is 5. The number of amides is 1. The molecule has 0 radical (unpaired) electrons. The number of rotatable bonds is 4. The van der Waals surface area contributed by atoms with Crippen molar-refractivity contribution in [3.63, 3.8) is 0 Å². The van der Waals surface area contributed by atoms with Gasteiger partial charge in [-0.3, -0.25) is 19.9 Å². The van der Waals surface area contributed by atoms with Crippen molar-refractivity contribution in [1.29, 1.82) is 0 Å². The van der Waals surface area contributed by atoms with Gasteiger partial charge in [0, 0.05) is 31.7 Å². The SMILES string of the molecule is O=C(O)NC1CCN(c2c(F)cncc2N=Cc2ccc3nccnc3c2)C1. The fourth-order valence-corrected chi connectivity index (χ4v) is 3.29. The summed E-state index contributed by atoms with van der Waals surface area (Å²) < 4.78 is 14.5. The lowest BCUT2D eigenvalue weighted by molar-refractivity contribution is 0.191. The van der Waals surface area contributed by atoms with Crippen LogP contribution in [0.2, 0.25) is 0 Å². The zero-order valence-electron chi connectivity index (χ0n) is 14.8. The van der Waals surface area contributed by atoms with Crippen LogP contribution in [0.25, 0.3) is 11.0 Å². The molecular formula is C19H17FN6O2. The summed E-state index contributed by atoms with van der Waals surface area (Å²) in [5.41, 5.74) is 3.03. The molecule has 0 spiro atoms. The lowest BCUT2D eigenvalue weighted by Crippen LogP contribution is -2.36. The van der Waals surface area contributed by atoms with Crippen LogP contribution in [0.3, 0.4) is 0 Å². The maximum Gasteiger partial charge on any atom is 0.404 e. The van der Waals surface area contributed by atoms with Gasteiger partial charge >= 0.3 is 6.09 Å². The zero-order valence-corrected chi connectivity index (χ0v) is 14.8. The van der Waals surface area contributed by atoms with Crippen LogP contribution in [-0.4, -0.2) is 51.5 Å². The van der Waals surface area contributed by atoms with Gasteiger partial charge in [-0.05, 0) is 24.1 Å². The van der Waals surface area contributed by atoms with Crippen molar-refractivity contribution < 1.29 is 14.3 Å². The van der Waals surface area contributed by atoms with Gasteiger partial charge in [0.25, 0.3) is 0 Å². The van der Waals surface area contributed by atoms with E-state index < -0.39 is 11.9 Å². The number of aliphatic imine (C=N–C) groups is 1. The molecule has 3 aromatic rings. The van der Waals surface area contributed by atoms with Crippen LogP contribution in [0, 0.1) is 5.82 Å². The van der Waals surface area contributed by atoms with Crippen LogP contribution in [0.1, 0.15) is 12.0 Å². The highest BCUT2D eigenvalue weighted by Gasteiger charge is 2.27. The third-order valence-corrected chi connectivity index (χ3v) is 4.53. The van der Waals surface area contributed by atoms with E-state index in [1.165, 1.54) is 6.20 Å². The van der Waals surface area contributed by atoms with Crippen molar-refractivity contribution >= 4 is 34.7 Å². The maximum atomic E-state index is 14.5. The zero-order chi connectivity index (χ0) is 19.5. The van der Waals surface area contributed by atoms with Crippen molar-refractivity contribution in [1.82, 2.24) is 20.3 Å². The van der Waals surface area contributed by atoms with Gasteiger partial charge in [0.2, 0.25) is 0 Å². The minimum Gasteiger partial charge on any atom is -0.465 e. The van der Waals surface area contributed by atoms with Gasteiger partial charge in [-0.25, -0.2) is 9.18 Å². The average molecular weight is 380 g/mol. The van der Waals surface area contributed by atoms with Crippen LogP contribution in [0.15, 0.2) is 48.0 Å². The van der Waals surface area contributed by atoms with E-state index in [0.717, 1.165) is 22.8 Å². The van der Waals surface area contributed by atoms with Crippen molar-refractivity contribution in [3.8, 4) is 0 Å². The van der Waals surface area contributed by atoms with Gasteiger partial charge in [0.05, 0.1) is 29.5 Å². The van der Waals surface area contributed by atoms with Gasteiger partial charge in [0.15, 0.2) is 5.82 Å². The van der Waals surface area contributed by atoms with E-state index in [1.807, 2.05) is 18.2 Å². The molecule has 2 aromatic heterocycles. The monoisotopic (exact) mass is 380 g/mol. The Hall–Kier alpha value is -3.62. The predicted molar refractivity (Wildman–Crippen MR) is 103 cm³/mol. The number of aromatic nitrogens is 3. The van der Waals surface area contributed by atoms with Gasteiger partial charge in [0.1, 0.15) is 11.4 Å². The van der Waals surface area contributed by atoms with Gasteiger partial charge in [-0.15, -0.1) is 0 Å². The number of carbonyl (C=O) groups is 1. The first-order valence-electron chi connectivity index (χ1n) is 8.73. The van der Waals surface area contributed by atoms with E-state index in [1.54, 1.807) is 23.5 Å². The van der Waals surface area contributed by atoms with Gasteiger partial charge in [-0.1, -0.05) is 6.07 Å². The molecule has 142 valence electrons. The van der Waals surface area contributed by atoms with Crippen LogP contribution >= 0.6 is 0 Å². The van der Waals surface area contributed by atoms with Crippen molar-refractivity contribution in [2.75, 3.05) is 18.0 Å². The van der Waals surface area contributed by atoms with Crippen LogP contribution in [0.4, 0.5) is 20.6 Å². The van der Waals surface area contributed by atoms with Crippen molar-refractivity contribution in [2.24, 2.45) is 4.99 Å². The topological polar surface area (TPSA) is 104 Å². The van der Waals surface area contributed by atoms with E-state index in [9.17, 15) is 9.18 Å². The highest BCUT2D eigenvalue weighted by atomic mass is 19.1. The molecule has 4 rings (SSSR count). The number of pyridine rings is 1. The molecule has 0 saturated carbocycles. The fraction of sp³-hybridized carbons (Fsp3) is 0.211. The molecular weight excluding hydrogens is 363 g/mol. The Kier molecular flexibility index (Phi) is 4.79. The lowest BCUT2D eigenvalue weighted by Gasteiger charge is -2.20. The molecule has 0 bridgehead atoms. The van der Waals surface area contributed by atoms with Crippen LogP contribution in [0.5, 0.6) is 0 Å². The Morgan fingerprint density at radius 3 is 2.93 bits per heavy atom. The summed E-state index contributed by atoms with van der Waals surface area (Å²) in [6.45, 7) is 0.904. The molecule has 1 fully saturated rings. The van der Waals surface area contributed by atoms with Crippen molar-refractivity contribution in [2.45, 2.75) is 12.5 Å². The molecule has 3 heterocycles. The largest absolute Gasteiger partial charge is 0.465 e. The minimum absolute atomic E-state index is 0.249. The third-order valence-electron chi connectivity index (χ3n) is 4.53. The van der Waals surface area contributed by atoms with E-state index in [2.05, 4.69) is 25.3 Å². The molecule has 28 heavy (non-hydrogen) atoms. The first-order chi connectivity index (χ1) is 13.6. The summed E-state index contributed by atoms with van der Waals surface area (Å²) in [6, 6.07) is 5.30. The van der Waals surface area contributed by atoms with Crippen molar-refractivity contribution in [3.05, 3.63) is 54.4 Å². The molecule has 2 N–H and O–H groups in total. The summed E-state index contributed by atoms with van der Waals surface area (Å²) in [5, 5.41) is 11.3. The lowest BCUT2D eigenvalue weighted by atomic mass is 10.2. The number of carboxylic acid groups (broad SMARTS) is 1. The molecule has 1 aliphatic rings. The molecule has 8 nitrogen and oxygen atoms in total. The Morgan fingerprint density at radius 1 is 1.29 bits per heavy atom. The summed E-state index contributed by atoms with van der Waals surface area (Å²) in [4.78, 5) is 29.4. The highest BCUT2D eigenvalue weighted by molar-refractivity contribution is 5.89. The maximum absolute atomic E-state index is 14.5. The summed E-state index contributed by atoms with van der Waals surface area (Å²) in [6.07, 6.45) is 7.01. The molecule has 1 aliphatic heterocycles. The number of benzene rings is 1. The molecule has 0 aliphatic carbocycles. The predicted octanol–water partition coefficient (Wildman–Crippen LogP) is 2.76. The molecule has 1 atom stereocenters. The van der Waals surface area contributed by atoms with Crippen LogP contribution in [-0.2, 0) is 0 Å². The standard InChI is InChI=1S/C19H17FN6O2/c20-14-9-21-10-17(18(14)26-6-3-13(11-26)25-19(27)28)24-8-12-1-2-15-16(7-12)23-5-4-22-15/h1-2,4-5,7-10,13,25H,3,6,11H2,(H,27,28). The molecule has 1 unspecified atom stereocenters. The van der Waals surface area contributed by atoms with E-state index in [4.69, 9.17) is 5.11 Å². The molecule has 1 amide bonds. The van der Waals surface area contributed by atoms with Gasteiger partial charge in [-0.2, -0.15) is 0 Å². The Morgan fingerprint density at radius 2 is 2.11 bits per heavy atom. The van der Waals surface area contributed by atoms with E-state index in [-0.39, 0.29) is 6.04 Å². The number of nitrogens with one attached hydrogen (secondary N) is 1. The molecule has 1 aromatic carbocycles. The van der Waals surface area contributed by atoms with E-state index in [0.29, 0.717) is 30.9 Å². The second kappa shape index (κ2) is 7.55. The second-order valence-corrected chi connectivity index (χ2v) is 6.43. The molecule has 9 heteroatoms. The second-order valence-electron chi connectivity index (χ2n) is 6.43. The highest BCUT2D eigenvalue weighted by Crippen LogP contribution is 2.33. The smallest absolute Gasteiger partial charge is 0.404 e. The number of hydrogen-bond donors (Lipinski definition) is 2. The quantitative estimate of drug-likeness (QED) is 0.675. The number of fused-ring (bicyclic) bond motifs is 1. The van der Waals surface area contributed by atoms with Gasteiger partial charge < -0.3 is 15.3 Å². The fourth-order valence-electron chi connectivity index (χ4n) is 3.29.